The van der Waals surface area contributed by atoms with Crippen LogP contribution in [0.1, 0.15) is 38.5 Å². The highest BCUT2D eigenvalue weighted by atomic mass is 32.2. The number of carbonyl (C=O) groups is 3. The SMILES string of the molecule is COC(=O)CCCN(C)C(=O)CCCC[C@@H]1SC[C@H]2NC(=O)N[C@H]12. The van der Waals surface area contributed by atoms with Crippen molar-refractivity contribution in [2.24, 2.45) is 0 Å². The minimum atomic E-state index is -0.239. The summed E-state index contributed by atoms with van der Waals surface area (Å²) in [5, 5.41) is 6.37. The molecule has 0 aromatic carbocycles. The van der Waals surface area contributed by atoms with Crippen molar-refractivity contribution in [3.05, 3.63) is 0 Å². The molecule has 0 saturated carbocycles. The molecule has 0 spiro atoms. The van der Waals surface area contributed by atoms with Gasteiger partial charge in [-0.1, -0.05) is 6.42 Å². The second-order valence-electron chi connectivity index (χ2n) is 6.36. The summed E-state index contributed by atoms with van der Waals surface area (Å²) in [4.78, 5) is 36.1. The fraction of sp³-hybridized carbons (Fsp3) is 0.812. The van der Waals surface area contributed by atoms with Crippen LogP contribution in [0, 0.1) is 0 Å². The van der Waals surface area contributed by atoms with Crippen LogP contribution >= 0.6 is 11.8 Å². The highest BCUT2D eigenvalue weighted by Crippen LogP contribution is 2.33. The number of thioether (sulfide) groups is 1. The van der Waals surface area contributed by atoms with E-state index in [-0.39, 0.29) is 30.0 Å². The van der Waals surface area contributed by atoms with Gasteiger partial charge >= 0.3 is 12.0 Å². The van der Waals surface area contributed by atoms with Gasteiger partial charge in [0.05, 0.1) is 19.2 Å². The molecular weight excluding hydrogens is 330 g/mol. The number of fused-ring (bicyclic) bond motifs is 1. The fourth-order valence-corrected chi connectivity index (χ4v) is 4.69. The number of carbonyl (C=O) groups excluding carboxylic acids is 3. The molecule has 3 atom stereocenters. The van der Waals surface area contributed by atoms with Crippen LogP contribution in [0.5, 0.6) is 0 Å². The van der Waals surface area contributed by atoms with Gasteiger partial charge in [0.15, 0.2) is 0 Å². The predicted octanol–water partition coefficient (Wildman–Crippen LogP) is 1.12. The summed E-state index contributed by atoms with van der Waals surface area (Å²) in [6.07, 6.45) is 4.37. The monoisotopic (exact) mass is 357 g/mol. The first-order valence-electron chi connectivity index (χ1n) is 8.50. The maximum absolute atomic E-state index is 12.0. The maximum Gasteiger partial charge on any atom is 0.315 e. The van der Waals surface area contributed by atoms with E-state index in [4.69, 9.17) is 0 Å². The zero-order chi connectivity index (χ0) is 17.5. The van der Waals surface area contributed by atoms with Gasteiger partial charge in [0.25, 0.3) is 0 Å². The second-order valence-corrected chi connectivity index (χ2v) is 7.63. The third-order valence-electron chi connectivity index (χ3n) is 4.60. The van der Waals surface area contributed by atoms with E-state index in [0.717, 1.165) is 25.0 Å². The summed E-state index contributed by atoms with van der Waals surface area (Å²) < 4.78 is 4.58. The first kappa shape index (κ1) is 18.9. The topological polar surface area (TPSA) is 87.7 Å². The van der Waals surface area contributed by atoms with E-state index in [0.29, 0.717) is 31.1 Å². The van der Waals surface area contributed by atoms with Crippen LogP contribution in [0.25, 0.3) is 0 Å². The van der Waals surface area contributed by atoms with Crippen molar-refractivity contribution in [2.75, 3.05) is 26.5 Å². The van der Waals surface area contributed by atoms with Gasteiger partial charge in [-0.25, -0.2) is 4.79 Å². The minimum absolute atomic E-state index is 0.0564. The number of amides is 3. The maximum atomic E-state index is 12.0. The quantitative estimate of drug-likeness (QED) is 0.367. The van der Waals surface area contributed by atoms with Crippen LogP contribution in [0.2, 0.25) is 0 Å². The Kier molecular flexibility index (Phi) is 7.20. The van der Waals surface area contributed by atoms with Crippen molar-refractivity contribution in [1.82, 2.24) is 15.5 Å². The molecule has 7 nitrogen and oxygen atoms in total. The molecule has 8 heteroatoms. The van der Waals surface area contributed by atoms with Gasteiger partial charge in [-0.05, 0) is 19.3 Å². The van der Waals surface area contributed by atoms with Crippen LogP contribution in [0.15, 0.2) is 0 Å². The zero-order valence-electron chi connectivity index (χ0n) is 14.4. The molecule has 0 unspecified atom stereocenters. The predicted molar refractivity (Wildman–Crippen MR) is 92.8 cm³/mol. The minimum Gasteiger partial charge on any atom is -0.469 e. The summed E-state index contributed by atoms with van der Waals surface area (Å²) in [5.74, 6) is 0.847. The number of ether oxygens (including phenoxy) is 1. The first-order valence-corrected chi connectivity index (χ1v) is 9.55. The Hall–Kier alpha value is -1.44. The number of esters is 1. The van der Waals surface area contributed by atoms with Crippen molar-refractivity contribution >= 4 is 29.7 Å². The molecule has 0 bridgehead atoms. The van der Waals surface area contributed by atoms with Gasteiger partial charge in [-0.3, -0.25) is 9.59 Å². The lowest BCUT2D eigenvalue weighted by atomic mass is 10.0. The Morgan fingerprint density at radius 2 is 2.04 bits per heavy atom. The van der Waals surface area contributed by atoms with E-state index >= 15 is 0 Å². The molecule has 2 aliphatic heterocycles. The number of urea groups is 1. The Labute approximate surface area is 147 Å². The highest BCUT2D eigenvalue weighted by Gasteiger charge is 2.42. The smallest absolute Gasteiger partial charge is 0.315 e. The molecule has 0 aliphatic carbocycles. The molecule has 0 radical (unpaired) electrons. The first-order chi connectivity index (χ1) is 11.5. The molecule has 2 heterocycles. The Balaban J connectivity index is 1.56. The molecule has 0 aromatic rings. The molecule has 0 aromatic heterocycles. The largest absolute Gasteiger partial charge is 0.469 e. The van der Waals surface area contributed by atoms with Crippen molar-refractivity contribution in [3.8, 4) is 0 Å². The average Bonchev–Trinajstić information content (AvgIpc) is 3.10. The third-order valence-corrected chi connectivity index (χ3v) is 6.10. The molecule has 2 fully saturated rings. The van der Waals surface area contributed by atoms with Crippen LogP contribution in [-0.4, -0.2) is 66.6 Å². The van der Waals surface area contributed by atoms with Gasteiger partial charge in [0, 0.05) is 37.4 Å². The molecule has 24 heavy (non-hydrogen) atoms. The van der Waals surface area contributed by atoms with Crippen LogP contribution in [-0.2, 0) is 14.3 Å². The molecule has 2 rings (SSSR count). The number of methoxy groups -OCH3 is 1. The fourth-order valence-electron chi connectivity index (χ4n) is 3.14. The number of unbranched alkanes of at least 4 members (excludes halogenated alkanes) is 1. The van der Waals surface area contributed by atoms with Crippen LogP contribution in [0.4, 0.5) is 4.79 Å². The molecule has 2 aliphatic rings. The summed E-state index contributed by atoms with van der Waals surface area (Å²) >= 11 is 1.90. The number of nitrogens with zero attached hydrogens (tertiary/aromatic N) is 1. The summed E-state index contributed by atoms with van der Waals surface area (Å²) in [6, 6.07) is 0.438. The van der Waals surface area contributed by atoms with E-state index in [9.17, 15) is 14.4 Å². The summed E-state index contributed by atoms with van der Waals surface area (Å²) in [6.45, 7) is 0.577. The second kappa shape index (κ2) is 9.15. The van der Waals surface area contributed by atoms with Gasteiger partial charge in [-0.2, -0.15) is 11.8 Å². The lowest BCUT2D eigenvalue weighted by Gasteiger charge is -2.18. The van der Waals surface area contributed by atoms with Crippen LogP contribution < -0.4 is 10.6 Å². The van der Waals surface area contributed by atoms with Crippen molar-refractivity contribution in [2.45, 2.75) is 55.9 Å². The lowest BCUT2D eigenvalue weighted by molar-refractivity contribution is -0.141. The highest BCUT2D eigenvalue weighted by molar-refractivity contribution is 8.00. The van der Waals surface area contributed by atoms with E-state index in [1.54, 1.807) is 11.9 Å². The van der Waals surface area contributed by atoms with Crippen LogP contribution in [0.3, 0.4) is 0 Å². The zero-order valence-corrected chi connectivity index (χ0v) is 15.2. The normalized spacial score (nSPS) is 24.9. The van der Waals surface area contributed by atoms with E-state index in [1.165, 1.54) is 7.11 Å². The standard InChI is InChI=1S/C16H27N3O4S/c1-19(9-5-8-14(21)23-2)13(20)7-4-3-6-12-15-11(10-24-12)17-16(22)18-15/h11-12,15H,3-10H2,1-2H3,(H2,17,18,22)/t11-,12+,15+/m1/s1. The molecule has 3 amide bonds. The number of hydrogen-bond acceptors (Lipinski definition) is 5. The third kappa shape index (κ3) is 5.29. The molecule has 2 saturated heterocycles. The molecule has 2 N–H and O–H groups in total. The number of nitrogens with one attached hydrogen (secondary N) is 2. The number of rotatable bonds is 9. The average molecular weight is 357 g/mol. The summed E-state index contributed by atoms with van der Waals surface area (Å²) in [7, 11) is 3.14. The Bertz CT molecular complexity index is 474. The van der Waals surface area contributed by atoms with Gasteiger partial charge in [-0.15, -0.1) is 0 Å². The lowest BCUT2D eigenvalue weighted by Crippen LogP contribution is -2.36. The van der Waals surface area contributed by atoms with Crippen molar-refractivity contribution in [1.29, 1.82) is 0 Å². The molecular formula is C16H27N3O4S. The van der Waals surface area contributed by atoms with E-state index in [1.807, 2.05) is 11.8 Å². The van der Waals surface area contributed by atoms with Crippen molar-refractivity contribution < 1.29 is 19.1 Å². The Morgan fingerprint density at radius 1 is 1.25 bits per heavy atom. The van der Waals surface area contributed by atoms with Gasteiger partial charge in [0.1, 0.15) is 0 Å². The molecule has 136 valence electrons. The Morgan fingerprint density at radius 3 is 2.79 bits per heavy atom. The number of hydrogen-bond donors (Lipinski definition) is 2. The van der Waals surface area contributed by atoms with Gasteiger partial charge in [0.2, 0.25) is 5.91 Å². The van der Waals surface area contributed by atoms with Gasteiger partial charge < -0.3 is 20.3 Å². The van der Waals surface area contributed by atoms with E-state index in [2.05, 4.69) is 15.4 Å². The van der Waals surface area contributed by atoms with Crippen molar-refractivity contribution in [3.63, 3.8) is 0 Å². The van der Waals surface area contributed by atoms with E-state index < -0.39 is 0 Å². The summed E-state index contributed by atoms with van der Waals surface area (Å²) in [5.41, 5.74) is 0.